The Morgan fingerprint density at radius 3 is 3.14 bits per heavy atom. The zero-order chi connectivity index (χ0) is 15.5. The lowest BCUT2D eigenvalue weighted by molar-refractivity contribution is -0.118. The topological polar surface area (TPSA) is 96.9 Å². The van der Waals surface area contributed by atoms with Crippen molar-refractivity contribution in [3.63, 3.8) is 0 Å². The number of nitrogens with zero attached hydrogens (tertiary/aromatic N) is 6. The number of tetrazole rings is 1. The average molecular weight is 298 g/mol. The van der Waals surface area contributed by atoms with Gasteiger partial charge in [0.25, 0.3) is 0 Å². The van der Waals surface area contributed by atoms with Crippen LogP contribution in [0.2, 0.25) is 0 Å². The van der Waals surface area contributed by atoms with Gasteiger partial charge in [0.05, 0.1) is 37.7 Å². The summed E-state index contributed by atoms with van der Waals surface area (Å²) >= 11 is 0. The van der Waals surface area contributed by atoms with Crippen molar-refractivity contribution in [1.82, 2.24) is 20.2 Å². The second kappa shape index (κ2) is 5.81. The molecule has 1 aromatic carbocycles. The van der Waals surface area contributed by atoms with E-state index in [1.807, 2.05) is 18.2 Å². The normalized spacial score (nSPS) is 14.0. The fourth-order valence-electron chi connectivity index (χ4n) is 2.31. The maximum Gasteiger partial charge on any atom is 0.230 e. The van der Waals surface area contributed by atoms with E-state index in [1.54, 1.807) is 16.6 Å². The molecular weight excluding hydrogens is 284 g/mol. The number of anilines is 1. The van der Waals surface area contributed by atoms with Gasteiger partial charge in [0.2, 0.25) is 5.91 Å². The highest BCUT2D eigenvalue weighted by atomic mass is 16.5. The van der Waals surface area contributed by atoms with Gasteiger partial charge < -0.3 is 9.64 Å². The summed E-state index contributed by atoms with van der Waals surface area (Å²) in [7, 11) is 1.72. The van der Waals surface area contributed by atoms with E-state index in [0.717, 1.165) is 5.56 Å². The maximum absolute atomic E-state index is 11.9. The molecular formula is C14H14N6O2. The Morgan fingerprint density at radius 1 is 1.45 bits per heavy atom. The number of benzene rings is 1. The van der Waals surface area contributed by atoms with Crippen molar-refractivity contribution in [1.29, 1.82) is 5.26 Å². The van der Waals surface area contributed by atoms with E-state index in [-0.39, 0.29) is 5.91 Å². The number of rotatable bonds is 3. The smallest absolute Gasteiger partial charge is 0.230 e. The Labute approximate surface area is 126 Å². The van der Waals surface area contributed by atoms with Gasteiger partial charge >= 0.3 is 0 Å². The van der Waals surface area contributed by atoms with Crippen molar-refractivity contribution in [2.24, 2.45) is 0 Å². The minimum absolute atomic E-state index is 0.0000256. The number of hydrogen-bond acceptors (Lipinski definition) is 6. The highest BCUT2D eigenvalue weighted by molar-refractivity contribution is 5.95. The lowest BCUT2D eigenvalue weighted by Gasteiger charge is -2.17. The van der Waals surface area contributed by atoms with Gasteiger partial charge in [-0.25, -0.2) is 4.68 Å². The molecule has 1 aliphatic heterocycles. The molecule has 0 bridgehead atoms. The number of ether oxygens (including phenoxy) is 1. The number of aromatic nitrogens is 4. The van der Waals surface area contributed by atoms with Crippen LogP contribution in [0.15, 0.2) is 18.2 Å². The summed E-state index contributed by atoms with van der Waals surface area (Å²) in [5, 5.41) is 20.2. The lowest BCUT2D eigenvalue weighted by atomic mass is 10.1. The van der Waals surface area contributed by atoms with E-state index >= 15 is 0 Å². The summed E-state index contributed by atoms with van der Waals surface area (Å²) in [5.41, 5.74) is 1.46. The molecule has 3 rings (SSSR count). The zero-order valence-electron chi connectivity index (χ0n) is 12.1. The summed E-state index contributed by atoms with van der Waals surface area (Å²) in [6.45, 7) is 0.788. The van der Waals surface area contributed by atoms with Crippen LogP contribution in [0.4, 0.5) is 5.69 Å². The fourth-order valence-corrected chi connectivity index (χ4v) is 2.31. The number of hydrogen-bond donors (Lipinski definition) is 0. The standard InChI is InChI=1S/C14H14N6O2/c1-19-11-9-10(3-4-12(11)22-8-5-13(19)21)14-16-17-18-20(14)7-2-6-15/h3-4,9H,2,5,7-8H2,1H3. The second-order valence-electron chi connectivity index (χ2n) is 4.87. The van der Waals surface area contributed by atoms with Gasteiger partial charge in [-0.1, -0.05) is 0 Å². The fraction of sp³-hybridized carbons (Fsp3) is 0.357. The van der Waals surface area contributed by atoms with Gasteiger partial charge in [-0.15, -0.1) is 5.10 Å². The first kappa shape index (κ1) is 14.0. The van der Waals surface area contributed by atoms with Gasteiger partial charge in [-0.3, -0.25) is 4.79 Å². The molecule has 8 heteroatoms. The number of nitriles is 1. The molecule has 22 heavy (non-hydrogen) atoms. The van der Waals surface area contributed by atoms with Crippen molar-refractivity contribution >= 4 is 11.6 Å². The molecule has 112 valence electrons. The average Bonchev–Trinajstić information content (AvgIpc) is 2.95. The van der Waals surface area contributed by atoms with E-state index in [2.05, 4.69) is 21.6 Å². The third-order valence-electron chi connectivity index (χ3n) is 3.49. The molecule has 0 saturated heterocycles. The van der Waals surface area contributed by atoms with Gasteiger partial charge in [0.1, 0.15) is 5.75 Å². The SMILES string of the molecule is CN1C(=O)CCOc2ccc(-c3nnnn3CCC#N)cc21. The van der Waals surface area contributed by atoms with Gasteiger partial charge in [-0.05, 0) is 28.6 Å². The van der Waals surface area contributed by atoms with Crippen LogP contribution >= 0.6 is 0 Å². The van der Waals surface area contributed by atoms with Crippen molar-refractivity contribution in [3.05, 3.63) is 18.2 Å². The van der Waals surface area contributed by atoms with Crippen LogP contribution in [-0.4, -0.2) is 39.8 Å². The second-order valence-corrected chi connectivity index (χ2v) is 4.87. The minimum atomic E-state index is -0.0000256. The molecule has 0 saturated carbocycles. The molecule has 1 aromatic heterocycles. The molecule has 0 atom stereocenters. The molecule has 0 fully saturated rings. The van der Waals surface area contributed by atoms with Crippen molar-refractivity contribution in [2.75, 3.05) is 18.6 Å². The van der Waals surface area contributed by atoms with Gasteiger partial charge in [0.15, 0.2) is 5.82 Å². The Hall–Kier alpha value is -2.95. The van der Waals surface area contributed by atoms with Crippen LogP contribution in [0.1, 0.15) is 12.8 Å². The third-order valence-corrected chi connectivity index (χ3v) is 3.49. The first-order valence-electron chi connectivity index (χ1n) is 6.87. The molecule has 1 amide bonds. The van der Waals surface area contributed by atoms with E-state index in [9.17, 15) is 4.79 Å². The predicted molar refractivity (Wildman–Crippen MR) is 77.0 cm³/mol. The van der Waals surface area contributed by atoms with Crippen LogP contribution < -0.4 is 9.64 Å². The summed E-state index contributed by atoms with van der Waals surface area (Å²) < 4.78 is 7.17. The minimum Gasteiger partial charge on any atom is -0.491 e. The predicted octanol–water partition coefficient (Wildman–Crippen LogP) is 0.999. The van der Waals surface area contributed by atoms with Crippen molar-refractivity contribution < 1.29 is 9.53 Å². The Bertz CT molecular complexity index is 748. The monoisotopic (exact) mass is 298 g/mol. The van der Waals surface area contributed by atoms with Crippen LogP contribution in [-0.2, 0) is 11.3 Å². The van der Waals surface area contributed by atoms with Crippen molar-refractivity contribution in [3.8, 4) is 23.2 Å². The van der Waals surface area contributed by atoms with E-state index in [4.69, 9.17) is 10.00 Å². The molecule has 2 heterocycles. The zero-order valence-corrected chi connectivity index (χ0v) is 12.1. The molecule has 1 aliphatic rings. The summed E-state index contributed by atoms with van der Waals surface area (Å²) in [6.07, 6.45) is 0.672. The highest BCUT2D eigenvalue weighted by Crippen LogP contribution is 2.34. The first-order chi connectivity index (χ1) is 10.7. The molecule has 0 unspecified atom stereocenters. The first-order valence-corrected chi connectivity index (χ1v) is 6.87. The van der Waals surface area contributed by atoms with Crippen LogP contribution in [0, 0.1) is 11.3 Å². The maximum atomic E-state index is 11.9. The van der Waals surface area contributed by atoms with E-state index < -0.39 is 0 Å². The Kier molecular flexibility index (Phi) is 3.70. The lowest BCUT2D eigenvalue weighted by Crippen LogP contribution is -2.25. The summed E-state index contributed by atoms with van der Waals surface area (Å²) in [6, 6.07) is 7.55. The van der Waals surface area contributed by atoms with Crippen LogP contribution in [0.3, 0.4) is 0 Å². The quantitative estimate of drug-likeness (QED) is 0.838. The number of carbonyl (C=O) groups is 1. The molecule has 0 spiro atoms. The molecule has 0 radical (unpaired) electrons. The van der Waals surface area contributed by atoms with Crippen molar-refractivity contribution in [2.45, 2.75) is 19.4 Å². The third kappa shape index (κ3) is 2.48. The number of aryl methyl sites for hydroxylation is 1. The van der Waals surface area contributed by atoms with Crippen LogP contribution in [0.5, 0.6) is 5.75 Å². The summed E-state index contributed by atoms with van der Waals surface area (Å²) in [4.78, 5) is 13.5. The summed E-state index contributed by atoms with van der Waals surface area (Å²) in [5.74, 6) is 1.22. The molecule has 8 nitrogen and oxygen atoms in total. The Morgan fingerprint density at radius 2 is 2.32 bits per heavy atom. The van der Waals surface area contributed by atoms with Crippen LogP contribution in [0.25, 0.3) is 11.4 Å². The molecule has 0 aliphatic carbocycles. The number of fused-ring (bicyclic) bond motifs is 1. The van der Waals surface area contributed by atoms with Gasteiger partial charge in [-0.2, -0.15) is 5.26 Å². The largest absolute Gasteiger partial charge is 0.491 e. The Balaban J connectivity index is 2.00. The van der Waals surface area contributed by atoms with E-state index in [1.165, 1.54) is 0 Å². The number of amides is 1. The van der Waals surface area contributed by atoms with E-state index in [0.29, 0.717) is 43.3 Å². The van der Waals surface area contributed by atoms with Gasteiger partial charge in [0, 0.05) is 12.6 Å². The molecule has 0 N–H and O–H groups in total. The number of carbonyl (C=O) groups excluding carboxylic acids is 1. The highest BCUT2D eigenvalue weighted by Gasteiger charge is 2.21. The molecule has 2 aromatic rings.